The lowest BCUT2D eigenvalue weighted by atomic mass is 9.94. The van der Waals surface area contributed by atoms with E-state index in [0.29, 0.717) is 12.8 Å². The summed E-state index contributed by atoms with van der Waals surface area (Å²) in [6.07, 6.45) is 6.39. The standard InChI is InChI=1S/C21H24N4O/c1-15-6-7-16(2)19(13-15)21(17-5-4-11-22-14-17)24-20(26)9-8-18-10-12-23-25(18)3/h4-7,10-14,21H,8-9H2,1-3H3,(H,24,26). The fourth-order valence-electron chi connectivity index (χ4n) is 3.08. The number of aryl methyl sites for hydroxylation is 4. The molecular formula is C21H24N4O. The fraction of sp³-hybridized carbons (Fsp3) is 0.286. The average Bonchev–Trinajstić information content (AvgIpc) is 3.06. The number of carbonyl (C=O) groups is 1. The van der Waals surface area contributed by atoms with Crippen LogP contribution in [0.5, 0.6) is 0 Å². The Labute approximate surface area is 154 Å². The summed E-state index contributed by atoms with van der Waals surface area (Å²) in [5, 5.41) is 7.34. The van der Waals surface area contributed by atoms with Gasteiger partial charge < -0.3 is 5.32 Å². The van der Waals surface area contributed by atoms with E-state index in [0.717, 1.165) is 22.4 Å². The van der Waals surface area contributed by atoms with Gasteiger partial charge in [0.15, 0.2) is 0 Å². The van der Waals surface area contributed by atoms with Crippen LogP contribution in [0.3, 0.4) is 0 Å². The van der Waals surface area contributed by atoms with Crippen molar-refractivity contribution in [3.8, 4) is 0 Å². The molecular weight excluding hydrogens is 324 g/mol. The van der Waals surface area contributed by atoms with E-state index in [2.05, 4.69) is 47.4 Å². The molecule has 1 N–H and O–H groups in total. The van der Waals surface area contributed by atoms with E-state index < -0.39 is 0 Å². The van der Waals surface area contributed by atoms with Crippen molar-refractivity contribution in [2.75, 3.05) is 0 Å². The lowest BCUT2D eigenvalue weighted by Crippen LogP contribution is -2.30. The number of pyridine rings is 1. The minimum absolute atomic E-state index is 0.0148. The van der Waals surface area contributed by atoms with Crippen molar-refractivity contribution in [3.05, 3.63) is 82.9 Å². The van der Waals surface area contributed by atoms with Gasteiger partial charge in [-0.2, -0.15) is 5.10 Å². The van der Waals surface area contributed by atoms with Gasteiger partial charge in [-0.25, -0.2) is 0 Å². The number of rotatable bonds is 6. The number of carbonyl (C=O) groups excluding carboxylic acids is 1. The van der Waals surface area contributed by atoms with Crippen LogP contribution >= 0.6 is 0 Å². The summed E-state index contributed by atoms with van der Waals surface area (Å²) in [5.41, 5.74) is 5.45. The summed E-state index contributed by atoms with van der Waals surface area (Å²) in [7, 11) is 1.89. The highest BCUT2D eigenvalue weighted by Gasteiger charge is 2.19. The van der Waals surface area contributed by atoms with E-state index >= 15 is 0 Å². The van der Waals surface area contributed by atoms with Gasteiger partial charge in [-0.05, 0) is 49.1 Å². The maximum Gasteiger partial charge on any atom is 0.221 e. The third-order valence-corrected chi connectivity index (χ3v) is 4.60. The van der Waals surface area contributed by atoms with Crippen molar-refractivity contribution in [2.45, 2.75) is 32.7 Å². The molecule has 1 atom stereocenters. The number of hydrogen-bond donors (Lipinski definition) is 1. The van der Waals surface area contributed by atoms with E-state index in [1.54, 1.807) is 17.1 Å². The molecule has 1 aromatic carbocycles. The maximum absolute atomic E-state index is 12.6. The molecule has 0 fully saturated rings. The van der Waals surface area contributed by atoms with Gasteiger partial charge in [0.05, 0.1) is 6.04 Å². The van der Waals surface area contributed by atoms with Crippen molar-refractivity contribution in [1.82, 2.24) is 20.1 Å². The lowest BCUT2D eigenvalue weighted by molar-refractivity contribution is -0.121. The molecule has 134 valence electrons. The van der Waals surface area contributed by atoms with Crippen LogP contribution in [0.1, 0.15) is 40.4 Å². The largest absolute Gasteiger partial charge is 0.345 e. The zero-order valence-electron chi connectivity index (χ0n) is 15.4. The van der Waals surface area contributed by atoms with Crippen molar-refractivity contribution in [3.63, 3.8) is 0 Å². The zero-order chi connectivity index (χ0) is 18.5. The highest BCUT2D eigenvalue weighted by molar-refractivity contribution is 5.77. The highest BCUT2D eigenvalue weighted by Crippen LogP contribution is 2.25. The number of hydrogen-bond acceptors (Lipinski definition) is 3. The van der Waals surface area contributed by atoms with Gasteiger partial charge in [0.25, 0.3) is 0 Å². The second kappa shape index (κ2) is 7.95. The molecule has 0 spiro atoms. The van der Waals surface area contributed by atoms with E-state index in [9.17, 15) is 4.79 Å². The number of nitrogens with one attached hydrogen (secondary N) is 1. The summed E-state index contributed by atoms with van der Waals surface area (Å²) in [4.78, 5) is 16.9. The molecule has 2 heterocycles. The van der Waals surface area contributed by atoms with Crippen molar-refractivity contribution in [2.24, 2.45) is 7.05 Å². The van der Waals surface area contributed by atoms with Crippen LogP contribution in [-0.4, -0.2) is 20.7 Å². The molecule has 0 aliphatic heterocycles. The number of amides is 1. The second-order valence-corrected chi connectivity index (χ2v) is 6.59. The monoisotopic (exact) mass is 348 g/mol. The Hall–Kier alpha value is -2.95. The predicted octanol–water partition coefficient (Wildman–Crippen LogP) is 3.27. The van der Waals surface area contributed by atoms with Gasteiger partial charge in [-0.1, -0.05) is 29.8 Å². The molecule has 0 radical (unpaired) electrons. The molecule has 1 unspecified atom stereocenters. The predicted molar refractivity (Wildman–Crippen MR) is 102 cm³/mol. The molecule has 5 heteroatoms. The van der Waals surface area contributed by atoms with E-state index in [4.69, 9.17) is 0 Å². The fourth-order valence-corrected chi connectivity index (χ4v) is 3.08. The zero-order valence-corrected chi connectivity index (χ0v) is 15.4. The van der Waals surface area contributed by atoms with Crippen molar-refractivity contribution in [1.29, 1.82) is 0 Å². The van der Waals surface area contributed by atoms with Crippen LogP contribution in [0, 0.1) is 13.8 Å². The van der Waals surface area contributed by atoms with E-state index in [1.165, 1.54) is 5.56 Å². The van der Waals surface area contributed by atoms with Crippen LogP contribution in [0.2, 0.25) is 0 Å². The molecule has 3 rings (SSSR count). The van der Waals surface area contributed by atoms with Gasteiger partial charge in [0.1, 0.15) is 0 Å². The Balaban J connectivity index is 1.81. The third-order valence-electron chi connectivity index (χ3n) is 4.60. The van der Waals surface area contributed by atoms with Gasteiger partial charge in [-0.3, -0.25) is 14.5 Å². The Morgan fingerprint density at radius 2 is 2.04 bits per heavy atom. The number of benzene rings is 1. The van der Waals surface area contributed by atoms with Crippen LogP contribution in [0.25, 0.3) is 0 Å². The average molecular weight is 348 g/mol. The summed E-state index contributed by atoms with van der Waals surface area (Å²) < 4.78 is 1.80. The topological polar surface area (TPSA) is 59.8 Å². The Morgan fingerprint density at radius 3 is 2.73 bits per heavy atom. The van der Waals surface area contributed by atoms with Crippen molar-refractivity contribution >= 4 is 5.91 Å². The maximum atomic E-state index is 12.6. The summed E-state index contributed by atoms with van der Waals surface area (Å²) in [6, 6.07) is 11.9. The Kier molecular flexibility index (Phi) is 5.46. The van der Waals surface area contributed by atoms with Gasteiger partial charge in [0, 0.05) is 37.8 Å². The van der Waals surface area contributed by atoms with Crippen LogP contribution in [0.15, 0.2) is 55.0 Å². The second-order valence-electron chi connectivity index (χ2n) is 6.59. The first-order valence-electron chi connectivity index (χ1n) is 8.78. The first-order valence-corrected chi connectivity index (χ1v) is 8.78. The molecule has 0 aliphatic rings. The summed E-state index contributed by atoms with van der Waals surface area (Å²) >= 11 is 0. The molecule has 0 saturated carbocycles. The van der Waals surface area contributed by atoms with E-state index in [1.807, 2.05) is 31.4 Å². The molecule has 1 amide bonds. The van der Waals surface area contributed by atoms with Crippen LogP contribution in [0.4, 0.5) is 0 Å². The smallest absolute Gasteiger partial charge is 0.221 e. The number of nitrogens with zero attached hydrogens (tertiary/aromatic N) is 3. The minimum Gasteiger partial charge on any atom is -0.345 e. The minimum atomic E-state index is -0.206. The molecule has 3 aromatic rings. The highest BCUT2D eigenvalue weighted by atomic mass is 16.1. The molecule has 0 aliphatic carbocycles. The Bertz CT molecular complexity index is 886. The van der Waals surface area contributed by atoms with Crippen LogP contribution in [-0.2, 0) is 18.3 Å². The van der Waals surface area contributed by atoms with Crippen LogP contribution < -0.4 is 5.32 Å². The quantitative estimate of drug-likeness (QED) is 0.744. The Morgan fingerprint density at radius 1 is 1.19 bits per heavy atom. The first kappa shape index (κ1) is 17.9. The molecule has 0 saturated heterocycles. The number of aromatic nitrogens is 3. The van der Waals surface area contributed by atoms with Gasteiger partial charge >= 0.3 is 0 Å². The van der Waals surface area contributed by atoms with Gasteiger partial charge in [0.2, 0.25) is 5.91 Å². The molecule has 5 nitrogen and oxygen atoms in total. The van der Waals surface area contributed by atoms with E-state index in [-0.39, 0.29) is 11.9 Å². The third kappa shape index (κ3) is 4.17. The summed E-state index contributed by atoms with van der Waals surface area (Å²) in [6.45, 7) is 4.13. The molecule has 26 heavy (non-hydrogen) atoms. The van der Waals surface area contributed by atoms with Crippen molar-refractivity contribution < 1.29 is 4.79 Å². The SMILES string of the molecule is Cc1ccc(C)c(C(NC(=O)CCc2ccnn2C)c2cccnc2)c1. The molecule has 2 aromatic heterocycles. The lowest BCUT2D eigenvalue weighted by Gasteiger charge is -2.22. The van der Waals surface area contributed by atoms with Gasteiger partial charge in [-0.15, -0.1) is 0 Å². The summed E-state index contributed by atoms with van der Waals surface area (Å²) in [5.74, 6) is 0.0148. The molecule has 0 bridgehead atoms. The first-order chi connectivity index (χ1) is 12.5. The normalized spacial score (nSPS) is 12.0.